The van der Waals surface area contributed by atoms with E-state index >= 15 is 0 Å². The highest BCUT2D eigenvalue weighted by Crippen LogP contribution is 2.44. The molecular weight excluding hydrogens is 413 g/mol. The number of nitrogens with two attached hydrogens (primary N) is 1. The minimum atomic E-state index is -3.95. The summed E-state index contributed by atoms with van der Waals surface area (Å²) in [7, 11) is -3.95. The summed E-state index contributed by atoms with van der Waals surface area (Å²) in [6.07, 6.45) is 2.95. The fraction of sp³-hybridized carbons (Fsp3) is 0.217. The molecule has 0 unspecified atom stereocenters. The summed E-state index contributed by atoms with van der Waals surface area (Å²) in [5, 5.41) is 2.04. The molecule has 0 saturated carbocycles. The van der Waals surface area contributed by atoms with Crippen LogP contribution in [0.15, 0.2) is 48.7 Å². The molecule has 31 heavy (non-hydrogen) atoms. The van der Waals surface area contributed by atoms with Crippen LogP contribution in [0.1, 0.15) is 22.3 Å². The van der Waals surface area contributed by atoms with E-state index < -0.39 is 14.3 Å². The molecule has 8 heteroatoms. The van der Waals surface area contributed by atoms with Gasteiger partial charge in [-0.3, -0.25) is 4.98 Å². The van der Waals surface area contributed by atoms with Crippen molar-refractivity contribution >= 4 is 35.6 Å². The van der Waals surface area contributed by atoms with Crippen LogP contribution in [0.4, 0.5) is 5.82 Å². The molecule has 160 valence electrons. The molecule has 0 saturated heterocycles. The first-order valence-corrected chi connectivity index (χ1v) is 11.8. The van der Waals surface area contributed by atoms with E-state index in [1.165, 1.54) is 0 Å². The van der Waals surface area contributed by atoms with Crippen LogP contribution >= 0.6 is 7.94 Å². The minimum Gasteiger partial charge on any atom is -0.451 e. The Kier molecular flexibility index (Phi) is 5.77. The molecule has 0 aliphatic rings. The third kappa shape index (κ3) is 4.92. The lowest BCUT2D eigenvalue weighted by Crippen LogP contribution is -2.04. The Balaban J connectivity index is 1.56. The number of anilines is 1. The SMILES string of the molecule is Cc1ccc2c(c1)nc(N)c1ncc(CCc3ccc(OC[P+](O)(O)O)cc3C)cc12. The van der Waals surface area contributed by atoms with Crippen LogP contribution in [0.2, 0.25) is 0 Å². The lowest BCUT2D eigenvalue weighted by Gasteiger charge is -2.11. The number of hydrogen-bond donors (Lipinski definition) is 4. The lowest BCUT2D eigenvalue weighted by molar-refractivity contribution is 0.269. The molecule has 0 fully saturated rings. The quantitative estimate of drug-likeness (QED) is 0.266. The molecule has 4 rings (SSSR count). The monoisotopic (exact) mass is 438 g/mol. The highest BCUT2D eigenvalue weighted by molar-refractivity contribution is 7.58. The number of nitrogens with zero attached hydrogens (tertiary/aromatic N) is 2. The van der Waals surface area contributed by atoms with Crippen LogP contribution in [-0.4, -0.2) is 31.0 Å². The maximum absolute atomic E-state index is 9.06. The smallest absolute Gasteiger partial charge is 0.444 e. The summed E-state index contributed by atoms with van der Waals surface area (Å²) >= 11 is 0. The van der Waals surface area contributed by atoms with Crippen LogP contribution in [0.5, 0.6) is 5.75 Å². The van der Waals surface area contributed by atoms with Gasteiger partial charge in [0.25, 0.3) is 6.35 Å². The highest BCUT2D eigenvalue weighted by atomic mass is 31.2. The summed E-state index contributed by atoms with van der Waals surface area (Å²) < 4.78 is 5.25. The zero-order valence-corrected chi connectivity index (χ0v) is 18.3. The summed E-state index contributed by atoms with van der Waals surface area (Å²) in [5.74, 6) is 0.922. The number of rotatable bonds is 6. The van der Waals surface area contributed by atoms with Crippen molar-refractivity contribution < 1.29 is 19.4 Å². The average molecular weight is 438 g/mol. The molecule has 2 aromatic heterocycles. The molecule has 0 aliphatic carbocycles. The zero-order valence-electron chi connectivity index (χ0n) is 17.4. The summed E-state index contributed by atoms with van der Waals surface area (Å²) in [6, 6.07) is 13.8. The number of nitrogen functional groups attached to an aromatic ring is 1. The van der Waals surface area contributed by atoms with Gasteiger partial charge < -0.3 is 10.5 Å². The van der Waals surface area contributed by atoms with Gasteiger partial charge in [-0.05, 0) is 73.2 Å². The number of benzene rings is 2. The van der Waals surface area contributed by atoms with E-state index in [4.69, 9.17) is 25.2 Å². The third-order valence-corrected chi connectivity index (χ3v) is 5.75. The van der Waals surface area contributed by atoms with Gasteiger partial charge in [0.1, 0.15) is 11.3 Å². The predicted molar refractivity (Wildman–Crippen MR) is 124 cm³/mol. The largest absolute Gasteiger partial charge is 0.451 e. The third-order valence-electron chi connectivity index (χ3n) is 5.27. The van der Waals surface area contributed by atoms with E-state index in [9.17, 15) is 0 Å². The number of fused-ring (bicyclic) bond motifs is 3. The van der Waals surface area contributed by atoms with Gasteiger partial charge in [0, 0.05) is 17.0 Å². The second-order valence-electron chi connectivity index (χ2n) is 7.81. The predicted octanol–water partition coefficient (Wildman–Crippen LogP) is 3.84. The van der Waals surface area contributed by atoms with Gasteiger partial charge >= 0.3 is 7.94 Å². The van der Waals surface area contributed by atoms with Crippen LogP contribution in [0.3, 0.4) is 0 Å². The van der Waals surface area contributed by atoms with Gasteiger partial charge in [-0.2, -0.15) is 14.7 Å². The highest BCUT2D eigenvalue weighted by Gasteiger charge is 2.30. The van der Waals surface area contributed by atoms with Gasteiger partial charge in [0.15, 0.2) is 5.82 Å². The average Bonchev–Trinajstić information content (AvgIpc) is 2.71. The fourth-order valence-corrected chi connectivity index (χ4v) is 4.00. The molecule has 4 aromatic rings. The Morgan fingerprint density at radius 2 is 1.77 bits per heavy atom. The Hall–Kier alpha value is -2.83. The van der Waals surface area contributed by atoms with E-state index in [2.05, 4.69) is 28.2 Å². The zero-order chi connectivity index (χ0) is 22.2. The summed E-state index contributed by atoms with van der Waals surface area (Å²) in [4.78, 5) is 36.3. The Morgan fingerprint density at radius 3 is 2.52 bits per heavy atom. The lowest BCUT2D eigenvalue weighted by atomic mass is 9.99. The van der Waals surface area contributed by atoms with Gasteiger partial charge in [0.05, 0.1) is 5.52 Å². The summed E-state index contributed by atoms with van der Waals surface area (Å²) in [5.41, 5.74) is 12.1. The van der Waals surface area contributed by atoms with Crippen LogP contribution in [0.25, 0.3) is 21.8 Å². The first-order chi connectivity index (χ1) is 14.7. The molecule has 0 amide bonds. The van der Waals surface area contributed by atoms with E-state index in [1.54, 1.807) is 6.07 Å². The molecule has 0 aliphatic heterocycles. The molecular formula is C23H25N3O4P+. The molecule has 0 spiro atoms. The normalized spacial score (nSPS) is 11.9. The van der Waals surface area contributed by atoms with Gasteiger partial charge in [-0.25, -0.2) is 4.98 Å². The van der Waals surface area contributed by atoms with Crippen molar-refractivity contribution in [1.82, 2.24) is 9.97 Å². The van der Waals surface area contributed by atoms with Gasteiger partial charge in [0.2, 0.25) is 0 Å². The molecule has 7 nitrogen and oxygen atoms in total. The second-order valence-corrected chi connectivity index (χ2v) is 9.46. The molecule has 5 N–H and O–H groups in total. The molecule has 0 bridgehead atoms. The van der Waals surface area contributed by atoms with Crippen molar-refractivity contribution in [3.63, 3.8) is 0 Å². The van der Waals surface area contributed by atoms with Gasteiger partial charge in [-0.1, -0.05) is 18.2 Å². The molecule has 0 radical (unpaired) electrons. The van der Waals surface area contributed by atoms with E-state index in [0.29, 0.717) is 17.1 Å². The van der Waals surface area contributed by atoms with Crippen LogP contribution < -0.4 is 10.5 Å². The standard InChI is InChI=1S/C23H25N3O4P/c1-14-3-8-19-20-11-16(12-25-22(20)23(24)26-21(19)9-14)4-5-17-6-7-18(10-15(17)2)30-13-31(27,28)29/h3,6-12,27-29H,4-5,13H2,1-2H3,(H2,24,26)/q+1. The van der Waals surface area contributed by atoms with Crippen molar-refractivity contribution in [2.24, 2.45) is 0 Å². The summed E-state index contributed by atoms with van der Waals surface area (Å²) in [6.45, 7) is 4.01. The van der Waals surface area contributed by atoms with E-state index in [1.807, 2.05) is 38.2 Å². The Morgan fingerprint density at radius 1 is 0.968 bits per heavy atom. The first-order valence-electron chi connectivity index (χ1n) is 9.93. The van der Waals surface area contributed by atoms with Crippen molar-refractivity contribution in [2.75, 3.05) is 12.1 Å². The number of ether oxygens (including phenoxy) is 1. The first kappa shape index (κ1) is 21.4. The van der Waals surface area contributed by atoms with Crippen molar-refractivity contribution in [3.05, 3.63) is 70.9 Å². The topological polar surface area (TPSA) is 122 Å². The number of pyridine rings is 2. The second kappa shape index (κ2) is 8.36. The Bertz CT molecular complexity index is 1270. The van der Waals surface area contributed by atoms with Crippen molar-refractivity contribution in [3.8, 4) is 5.75 Å². The van der Waals surface area contributed by atoms with Crippen molar-refractivity contribution in [2.45, 2.75) is 26.7 Å². The van der Waals surface area contributed by atoms with Crippen LogP contribution in [0, 0.1) is 13.8 Å². The maximum atomic E-state index is 9.06. The van der Waals surface area contributed by atoms with E-state index in [-0.39, 0.29) is 0 Å². The Labute approximate surface area is 180 Å². The fourth-order valence-electron chi connectivity index (χ4n) is 3.68. The minimum absolute atomic E-state index is 0.436. The maximum Gasteiger partial charge on any atom is 0.444 e. The van der Waals surface area contributed by atoms with Gasteiger partial charge in [-0.15, -0.1) is 0 Å². The number of aryl methyl sites for hydroxylation is 4. The van der Waals surface area contributed by atoms with Crippen LogP contribution in [-0.2, 0) is 12.8 Å². The number of aromatic nitrogens is 2. The molecule has 2 heterocycles. The van der Waals surface area contributed by atoms with E-state index in [0.717, 1.165) is 51.4 Å². The van der Waals surface area contributed by atoms with Crippen molar-refractivity contribution in [1.29, 1.82) is 0 Å². The number of hydrogen-bond acceptors (Lipinski definition) is 7. The molecule has 0 atom stereocenters. The molecule has 2 aromatic carbocycles.